The third kappa shape index (κ3) is 3.32. The lowest BCUT2D eigenvalue weighted by molar-refractivity contribution is 0.400. The largest absolute Gasteiger partial charge is 0.504 e. The Morgan fingerprint density at radius 1 is 1.21 bits per heavy atom. The topological polar surface area (TPSA) is 61.7 Å². The lowest BCUT2D eigenvalue weighted by atomic mass is 10.2. The van der Waals surface area contributed by atoms with Crippen molar-refractivity contribution in [1.29, 1.82) is 0 Å². The summed E-state index contributed by atoms with van der Waals surface area (Å²) in [5, 5.41) is 22.3. The van der Waals surface area contributed by atoms with Crippen LogP contribution in [0.15, 0.2) is 40.9 Å². The fourth-order valence-electron chi connectivity index (χ4n) is 1.70. The van der Waals surface area contributed by atoms with Crippen molar-refractivity contribution < 1.29 is 14.9 Å². The first-order chi connectivity index (χ1) is 9.10. The average Bonchev–Trinajstić information content (AvgIpc) is 2.40. The molecule has 0 amide bonds. The molecule has 0 heterocycles. The van der Waals surface area contributed by atoms with Gasteiger partial charge in [0.15, 0.2) is 11.5 Å². The number of rotatable bonds is 4. The second-order valence-corrected chi connectivity index (χ2v) is 4.93. The van der Waals surface area contributed by atoms with Crippen molar-refractivity contribution in [3.05, 3.63) is 46.4 Å². The maximum absolute atomic E-state index is 9.71. The fourth-order valence-corrected chi connectivity index (χ4v) is 2.17. The first kappa shape index (κ1) is 13.5. The molecule has 2 rings (SSSR count). The van der Waals surface area contributed by atoms with E-state index in [1.165, 1.54) is 6.07 Å². The normalized spacial score (nSPS) is 10.2. The summed E-state index contributed by atoms with van der Waals surface area (Å²) >= 11 is 3.40. The van der Waals surface area contributed by atoms with Gasteiger partial charge in [0, 0.05) is 28.3 Å². The second kappa shape index (κ2) is 5.84. The standard InChI is InChI=1S/C14H14BrNO3/c1-19-12-6-10(15)5-11(7-12)16-8-9-3-2-4-13(17)14(9)18/h2-7,16-18H,8H2,1H3. The summed E-state index contributed by atoms with van der Waals surface area (Å²) < 4.78 is 6.07. The van der Waals surface area contributed by atoms with Gasteiger partial charge in [0.25, 0.3) is 0 Å². The van der Waals surface area contributed by atoms with Crippen LogP contribution in [0.2, 0.25) is 0 Å². The quantitative estimate of drug-likeness (QED) is 0.754. The molecule has 0 saturated carbocycles. The molecule has 19 heavy (non-hydrogen) atoms. The van der Waals surface area contributed by atoms with Crippen molar-refractivity contribution in [2.45, 2.75) is 6.54 Å². The Morgan fingerprint density at radius 2 is 2.00 bits per heavy atom. The molecule has 5 heteroatoms. The van der Waals surface area contributed by atoms with E-state index in [1.807, 2.05) is 18.2 Å². The summed E-state index contributed by atoms with van der Waals surface area (Å²) in [5.74, 6) is 0.514. The van der Waals surface area contributed by atoms with Gasteiger partial charge in [-0.05, 0) is 18.2 Å². The predicted octanol–water partition coefficient (Wildman–Crippen LogP) is 3.48. The van der Waals surface area contributed by atoms with E-state index >= 15 is 0 Å². The summed E-state index contributed by atoms with van der Waals surface area (Å²) in [5.41, 5.74) is 1.48. The Bertz CT molecular complexity index is 587. The Morgan fingerprint density at radius 3 is 2.74 bits per heavy atom. The number of halogens is 1. The summed E-state index contributed by atoms with van der Waals surface area (Å²) in [6.45, 7) is 0.403. The molecule has 0 spiro atoms. The van der Waals surface area contributed by atoms with Crippen LogP contribution in [0.3, 0.4) is 0 Å². The number of para-hydroxylation sites is 1. The number of hydrogen-bond donors (Lipinski definition) is 3. The fraction of sp³-hybridized carbons (Fsp3) is 0.143. The van der Waals surface area contributed by atoms with Gasteiger partial charge in [-0.2, -0.15) is 0 Å². The first-order valence-electron chi connectivity index (χ1n) is 5.68. The minimum absolute atomic E-state index is 0.100. The third-order valence-corrected chi connectivity index (χ3v) is 3.15. The van der Waals surface area contributed by atoms with Crippen LogP contribution in [0.5, 0.6) is 17.2 Å². The van der Waals surface area contributed by atoms with Gasteiger partial charge >= 0.3 is 0 Å². The molecule has 0 aliphatic carbocycles. The maximum Gasteiger partial charge on any atom is 0.162 e. The van der Waals surface area contributed by atoms with Gasteiger partial charge in [0.1, 0.15) is 5.75 Å². The van der Waals surface area contributed by atoms with Gasteiger partial charge in [-0.25, -0.2) is 0 Å². The van der Waals surface area contributed by atoms with Crippen molar-refractivity contribution in [3.8, 4) is 17.2 Å². The number of methoxy groups -OCH3 is 1. The van der Waals surface area contributed by atoms with Crippen molar-refractivity contribution in [2.75, 3.05) is 12.4 Å². The highest BCUT2D eigenvalue weighted by Gasteiger charge is 2.06. The molecule has 0 unspecified atom stereocenters. The zero-order valence-electron chi connectivity index (χ0n) is 10.4. The van der Waals surface area contributed by atoms with E-state index in [0.717, 1.165) is 15.9 Å². The number of hydrogen-bond acceptors (Lipinski definition) is 4. The summed E-state index contributed by atoms with van der Waals surface area (Å²) in [7, 11) is 1.60. The van der Waals surface area contributed by atoms with E-state index in [2.05, 4.69) is 21.2 Å². The van der Waals surface area contributed by atoms with Crippen molar-refractivity contribution >= 4 is 21.6 Å². The molecule has 0 bridgehead atoms. The lowest BCUT2D eigenvalue weighted by Crippen LogP contribution is -2.00. The third-order valence-electron chi connectivity index (χ3n) is 2.69. The van der Waals surface area contributed by atoms with Crippen molar-refractivity contribution in [1.82, 2.24) is 0 Å². The van der Waals surface area contributed by atoms with Gasteiger partial charge < -0.3 is 20.3 Å². The van der Waals surface area contributed by atoms with Gasteiger partial charge in [0.2, 0.25) is 0 Å². The van der Waals surface area contributed by atoms with Crippen LogP contribution in [-0.4, -0.2) is 17.3 Å². The highest BCUT2D eigenvalue weighted by Crippen LogP contribution is 2.30. The molecule has 0 aliphatic rings. The Balaban J connectivity index is 2.14. The second-order valence-electron chi connectivity index (χ2n) is 4.02. The summed E-state index contributed by atoms with van der Waals surface area (Å²) in [6, 6.07) is 10.5. The SMILES string of the molecule is COc1cc(Br)cc(NCc2cccc(O)c2O)c1. The van der Waals surface area contributed by atoms with Crippen LogP contribution < -0.4 is 10.1 Å². The average molecular weight is 324 g/mol. The van der Waals surface area contributed by atoms with E-state index < -0.39 is 0 Å². The first-order valence-corrected chi connectivity index (χ1v) is 6.47. The van der Waals surface area contributed by atoms with E-state index in [-0.39, 0.29) is 11.5 Å². The zero-order chi connectivity index (χ0) is 13.8. The van der Waals surface area contributed by atoms with Gasteiger partial charge in [-0.15, -0.1) is 0 Å². The highest BCUT2D eigenvalue weighted by atomic mass is 79.9. The summed E-state index contributed by atoms with van der Waals surface area (Å²) in [6.07, 6.45) is 0. The van der Waals surface area contributed by atoms with E-state index in [4.69, 9.17) is 4.74 Å². The zero-order valence-corrected chi connectivity index (χ0v) is 11.9. The number of nitrogens with one attached hydrogen (secondary N) is 1. The molecule has 0 aliphatic heterocycles. The monoisotopic (exact) mass is 323 g/mol. The molecule has 0 atom stereocenters. The smallest absolute Gasteiger partial charge is 0.162 e. The number of aromatic hydroxyl groups is 2. The predicted molar refractivity (Wildman–Crippen MR) is 77.8 cm³/mol. The lowest BCUT2D eigenvalue weighted by Gasteiger charge is -2.10. The van der Waals surface area contributed by atoms with Crippen LogP contribution in [-0.2, 0) is 6.54 Å². The van der Waals surface area contributed by atoms with Crippen LogP contribution in [0, 0.1) is 0 Å². The van der Waals surface area contributed by atoms with Crippen molar-refractivity contribution in [3.63, 3.8) is 0 Å². The van der Waals surface area contributed by atoms with Crippen LogP contribution in [0.25, 0.3) is 0 Å². The molecule has 100 valence electrons. The van der Waals surface area contributed by atoms with Crippen molar-refractivity contribution in [2.24, 2.45) is 0 Å². The van der Waals surface area contributed by atoms with E-state index in [0.29, 0.717) is 12.1 Å². The highest BCUT2D eigenvalue weighted by molar-refractivity contribution is 9.10. The Hall–Kier alpha value is -1.88. The van der Waals surface area contributed by atoms with Crippen LogP contribution >= 0.6 is 15.9 Å². The Labute approximate surface area is 119 Å². The Kier molecular flexibility index (Phi) is 4.16. The molecule has 0 saturated heterocycles. The minimum Gasteiger partial charge on any atom is -0.504 e. The number of phenolic OH excluding ortho intramolecular Hbond substituents is 2. The van der Waals surface area contributed by atoms with E-state index in [1.54, 1.807) is 19.2 Å². The number of benzene rings is 2. The molecule has 2 aromatic carbocycles. The number of phenols is 2. The van der Waals surface area contributed by atoms with E-state index in [9.17, 15) is 10.2 Å². The molecule has 3 N–H and O–H groups in total. The van der Waals surface area contributed by atoms with Crippen LogP contribution in [0.1, 0.15) is 5.56 Å². The molecule has 0 fully saturated rings. The minimum atomic E-state index is -0.119. The van der Waals surface area contributed by atoms with Gasteiger partial charge in [0.05, 0.1) is 7.11 Å². The van der Waals surface area contributed by atoms with Gasteiger partial charge in [-0.3, -0.25) is 0 Å². The molecule has 4 nitrogen and oxygen atoms in total. The molecule has 2 aromatic rings. The molecular weight excluding hydrogens is 310 g/mol. The number of anilines is 1. The van der Waals surface area contributed by atoms with Crippen LogP contribution in [0.4, 0.5) is 5.69 Å². The summed E-state index contributed by atoms with van der Waals surface area (Å²) in [4.78, 5) is 0. The molecular formula is C14H14BrNO3. The maximum atomic E-state index is 9.71. The molecule has 0 radical (unpaired) electrons. The molecule has 0 aromatic heterocycles. The number of ether oxygens (including phenoxy) is 1. The van der Waals surface area contributed by atoms with Gasteiger partial charge in [-0.1, -0.05) is 28.1 Å².